The first-order valence-corrected chi connectivity index (χ1v) is 4.38. The maximum atomic E-state index is 3.79. The Morgan fingerprint density at radius 3 is 2.42 bits per heavy atom. The molecule has 0 amide bonds. The van der Waals surface area contributed by atoms with Gasteiger partial charge >= 0.3 is 0 Å². The highest BCUT2D eigenvalue weighted by Gasteiger charge is 2.01. The standard InChI is InChI=1S/C12H18/c1-5-9-11(7-3)12(8-4)10-6-2/h5,7-11H,3-4,6H2,1-2H3. The lowest BCUT2D eigenvalue weighted by atomic mass is 9.98. The molecule has 0 fully saturated rings. The molecule has 0 heteroatoms. The maximum absolute atomic E-state index is 3.79. The molecule has 0 N–H and O–H groups in total. The summed E-state index contributed by atoms with van der Waals surface area (Å²) in [5.74, 6) is 0.326. The molecule has 1 atom stereocenters. The van der Waals surface area contributed by atoms with Crippen LogP contribution < -0.4 is 0 Å². The zero-order valence-electron chi connectivity index (χ0n) is 8.09. The summed E-state index contributed by atoms with van der Waals surface area (Å²) < 4.78 is 0. The molecule has 66 valence electrons. The van der Waals surface area contributed by atoms with E-state index in [2.05, 4.69) is 32.2 Å². The Kier molecular flexibility index (Phi) is 6.08. The minimum absolute atomic E-state index is 0.326. The minimum atomic E-state index is 0.326. The average Bonchev–Trinajstić information content (AvgIpc) is 2.11. The molecule has 0 saturated carbocycles. The molecule has 0 bridgehead atoms. The summed E-state index contributed by atoms with van der Waals surface area (Å²) in [6.45, 7) is 11.7. The summed E-state index contributed by atoms with van der Waals surface area (Å²) in [6, 6.07) is 0. The third-order valence-electron chi connectivity index (χ3n) is 1.71. The molecule has 0 aromatic heterocycles. The van der Waals surface area contributed by atoms with Crippen LogP contribution in [0, 0.1) is 5.92 Å². The molecule has 0 rings (SSSR count). The Hall–Kier alpha value is -1.04. The molecule has 0 spiro atoms. The van der Waals surface area contributed by atoms with Crippen LogP contribution in [-0.2, 0) is 0 Å². The molecule has 0 saturated heterocycles. The van der Waals surface area contributed by atoms with Crippen molar-refractivity contribution in [2.75, 3.05) is 0 Å². The van der Waals surface area contributed by atoms with Gasteiger partial charge in [-0.3, -0.25) is 0 Å². The Balaban J connectivity index is 4.54. The van der Waals surface area contributed by atoms with Gasteiger partial charge in [0, 0.05) is 5.92 Å². The first-order valence-electron chi connectivity index (χ1n) is 4.38. The van der Waals surface area contributed by atoms with Gasteiger partial charge in [-0.25, -0.2) is 0 Å². The van der Waals surface area contributed by atoms with E-state index in [-0.39, 0.29) is 0 Å². The van der Waals surface area contributed by atoms with Crippen LogP contribution in [0.2, 0.25) is 0 Å². The maximum Gasteiger partial charge on any atom is 0.0192 e. The average molecular weight is 162 g/mol. The Bertz CT molecular complexity index is 194. The number of rotatable bonds is 5. The zero-order chi connectivity index (χ0) is 9.40. The monoisotopic (exact) mass is 162 g/mol. The van der Waals surface area contributed by atoms with Gasteiger partial charge in [-0.15, -0.1) is 6.58 Å². The normalized spacial score (nSPS) is 14.7. The molecular weight excluding hydrogens is 144 g/mol. The van der Waals surface area contributed by atoms with Gasteiger partial charge < -0.3 is 0 Å². The summed E-state index contributed by atoms with van der Waals surface area (Å²) >= 11 is 0. The Labute approximate surface area is 76.0 Å². The molecule has 0 radical (unpaired) electrons. The fourth-order valence-corrected chi connectivity index (χ4v) is 1.12. The van der Waals surface area contributed by atoms with Gasteiger partial charge in [0.05, 0.1) is 0 Å². The predicted molar refractivity (Wildman–Crippen MR) is 57.1 cm³/mol. The molecule has 1 unspecified atom stereocenters. The third kappa shape index (κ3) is 3.38. The number of hydrogen-bond donors (Lipinski definition) is 0. The topological polar surface area (TPSA) is 0 Å². The molecule has 0 aromatic carbocycles. The first-order chi connectivity index (χ1) is 5.79. The van der Waals surface area contributed by atoms with Crippen LogP contribution in [0.25, 0.3) is 0 Å². The van der Waals surface area contributed by atoms with Crippen molar-refractivity contribution in [3.63, 3.8) is 0 Å². The van der Waals surface area contributed by atoms with Crippen molar-refractivity contribution in [2.45, 2.75) is 20.3 Å². The highest BCUT2D eigenvalue weighted by Crippen LogP contribution is 2.15. The quantitative estimate of drug-likeness (QED) is 0.425. The van der Waals surface area contributed by atoms with Crippen LogP contribution in [0.1, 0.15) is 20.3 Å². The fraction of sp³-hybridized carbons (Fsp3) is 0.333. The molecule has 0 aromatic rings. The highest BCUT2D eigenvalue weighted by molar-refractivity contribution is 5.27. The fourth-order valence-electron chi connectivity index (χ4n) is 1.12. The Morgan fingerprint density at radius 1 is 1.42 bits per heavy atom. The molecule has 0 aliphatic rings. The van der Waals surface area contributed by atoms with Crippen LogP contribution in [0.15, 0.2) is 49.1 Å². The van der Waals surface area contributed by atoms with E-state index in [0.29, 0.717) is 5.92 Å². The van der Waals surface area contributed by atoms with Crippen molar-refractivity contribution >= 4 is 0 Å². The second-order valence-corrected chi connectivity index (χ2v) is 2.60. The van der Waals surface area contributed by atoms with Crippen molar-refractivity contribution in [1.82, 2.24) is 0 Å². The van der Waals surface area contributed by atoms with E-state index < -0.39 is 0 Å². The highest BCUT2D eigenvalue weighted by atomic mass is 14.1. The molecule has 0 heterocycles. The summed E-state index contributed by atoms with van der Waals surface area (Å²) in [5, 5.41) is 0. The molecule has 0 aliphatic carbocycles. The van der Waals surface area contributed by atoms with E-state index >= 15 is 0 Å². The predicted octanol–water partition coefficient (Wildman–Crippen LogP) is 3.89. The van der Waals surface area contributed by atoms with Gasteiger partial charge in [0.1, 0.15) is 0 Å². The van der Waals surface area contributed by atoms with Crippen LogP contribution in [-0.4, -0.2) is 0 Å². The van der Waals surface area contributed by atoms with Gasteiger partial charge in [-0.2, -0.15) is 0 Å². The third-order valence-corrected chi connectivity index (χ3v) is 1.71. The SMILES string of the molecule is C=CC(=CCC)C(C=C)C=CC. The van der Waals surface area contributed by atoms with Crippen molar-refractivity contribution in [2.24, 2.45) is 5.92 Å². The van der Waals surface area contributed by atoms with E-state index in [9.17, 15) is 0 Å². The number of hydrogen-bond acceptors (Lipinski definition) is 0. The molecule has 0 aliphatic heterocycles. The van der Waals surface area contributed by atoms with Crippen molar-refractivity contribution in [3.8, 4) is 0 Å². The van der Waals surface area contributed by atoms with Crippen LogP contribution in [0.3, 0.4) is 0 Å². The van der Waals surface area contributed by atoms with Gasteiger partial charge in [-0.1, -0.05) is 43.9 Å². The summed E-state index contributed by atoms with van der Waals surface area (Å²) in [5.41, 5.74) is 1.24. The molecular formula is C12H18. The van der Waals surface area contributed by atoms with Crippen LogP contribution in [0.4, 0.5) is 0 Å². The van der Waals surface area contributed by atoms with Gasteiger partial charge in [-0.05, 0) is 18.9 Å². The lowest BCUT2D eigenvalue weighted by molar-refractivity contribution is 0.986. The first kappa shape index (κ1) is 11.0. The second-order valence-electron chi connectivity index (χ2n) is 2.60. The van der Waals surface area contributed by atoms with E-state index in [4.69, 9.17) is 0 Å². The van der Waals surface area contributed by atoms with Gasteiger partial charge in [0.25, 0.3) is 0 Å². The molecule has 0 nitrogen and oxygen atoms in total. The summed E-state index contributed by atoms with van der Waals surface area (Å²) in [6.07, 6.45) is 11.2. The largest absolute Gasteiger partial charge is 0.102 e. The van der Waals surface area contributed by atoms with Crippen LogP contribution in [0.5, 0.6) is 0 Å². The van der Waals surface area contributed by atoms with Gasteiger partial charge in [0.2, 0.25) is 0 Å². The smallest absolute Gasteiger partial charge is 0.0192 e. The molecule has 12 heavy (non-hydrogen) atoms. The zero-order valence-corrected chi connectivity index (χ0v) is 8.09. The van der Waals surface area contributed by atoms with Crippen LogP contribution >= 0.6 is 0 Å². The lowest BCUT2D eigenvalue weighted by Crippen LogP contribution is -1.93. The second kappa shape index (κ2) is 6.66. The van der Waals surface area contributed by atoms with Crippen molar-refractivity contribution in [1.29, 1.82) is 0 Å². The van der Waals surface area contributed by atoms with Gasteiger partial charge in [0.15, 0.2) is 0 Å². The van der Waals surface area contributed by atoms with Crippen molar-refractivity contribution in [3.05, 3.63) is 49.1 Å². The van der Waals surface area contributed by atoms with E-state index in [0.717, 1.165) is 6.42 Å². The Morgan fingerprint density at radius 2 is 2.08 bits per heavy atom. The van der Waals surface area contributed by atoms with Crippen molar-refractivity contribution < 1.29 is 0 Å². The van der Waals surface area contributed by atoms with E-state index in [1.54, 1.807) is 0 Å². The lowest BCUT2D eigenvalue weighted by Gasteiger charge is -2.07. The van der Waals surface area contributed by atoms with E-state index in [1.165, 1.54) is 5.57 Å². The summed E-state index contributed by atoms with van der Waals surface area (Å²) in [4.78, 5) is 0. The van der Waals surface area contributed by atoms with E-state index in [1.807, 2.05) is 25.2 Å². The number of allylic oxidation sites excluding steroid dienone is 6. The summed E-state index contributed by atoms with van der Waals surface area (Å²) in [7, 11) is 0. The minimum Gasteiger partial charge on any atom is -0.102 e.